The van der Waals surface area contributed by atoms with Crippen LogP contribution in [0.25, 0.3) is 10.8 Å². The highest BCUT2D eigenvalue weighted by molar-refractivity contribution is 7.98. The lowest BCUT2D eigenvalue weighted by molar-refractivity contribution is 0.306. The highest BCUT2D eigenvalue weighted by Crippen LogP contribution is 2.28. The van der Waals surface area contributed by atoms with Crippen molar-refractivity contribution in [3.63, 3.8) is 0 Å². The molecule has 7 heteroatoms. The van der Waals surface area contributed by atoms with Gasteiger partial charge in [0.15, 0.2) is 0 Å². The van der Waals surface area contributed by atoms with Crippen molar-refractivity contribution < 1.29 is 4.74 Å². The Morgan fingerprint density at radius 1 is 0.943 bits per heavy atom. The van der Waals surface area contributed by atoms with Crippen LogP contribution >= 0.6 is 23.4 Å². The molecule has 0 aliphatic carbocycles. The number of halogens is 1. The van der Waals surface area contributed by atoms with Gasteiger partial charge < -0.3 is 4.74 Å². The molecule has 0 fully saturated rings. The van der Waals surface area contributed by atoms with Crippen molar-refractivity contribution in [2.45, 2.75) is 24.4 Å². The van der Waals surface area contributed by atoms with Gasteiger partial charge in [-0.25, -0.2) is 0 Å². The van der Waals surface area contributed by atoms with E-state index in [0.29, 0.717) is 11.6 Å². The average molecular weight is 499 g/mol. The summed E-state index contributed by atoms with van der Waals surface area (Å²) < 4.78 is 7.90. The zero-order valence-corrected chi connectivity index (χ0v) is 20.7. The van der Waals surface area contributed by atoms with Crippen LogP contribution in [0, 0.1) is 6.92 Å². The Hall–Kier alpha value is -3.61. The van der Waals surface area contributed by atoms with E-state index in [-0.39, 0.29) is 0 Å². The third kappa shape index (κ3) is 5.73. The fraction of sp³-hybridized carbons (Fsp3) is 0.107. The molecule has 0 aliphatic heterocycles. The normalized spacial score (nSPS) is 11.4. The number of aromatic nitrogens is 3. The Balaban J connectivity index is 1.39. The van der Waals surface area contributed by atoms with E-state index in [1.165, 1.54) is 11.1 Å². The third-order valence-electron chi connectivity index (χ3n) is 5.54. The quantitative estimate of drug-likeness (QED) is 0.168. The van der Waals surface area contributed by atoms with Gasteiger partial charge in [-0.2, -0.15) is 9.78 Å². The monoisotopic (exact) mass is 498 g/mol. The molecule has 0 spiro atoms. The zero-order chi connectivity index (χ0) is 24.0. The topological polar surface area (TPSA) is 52.3 Å². The lowest BCUT2D eigenvalue weighted by Gasteiger charge is -2.12. The molecule has 0 N–H and O–H groups in total. The minimum atomic E-state index is 0.431. The van der Waals surface area contributed by atoms with E-state index >= 15 is 0 Å². The molecule has 0 atom stereocenters. The molecule has 0 radical (unpaired) electrons. The predicted octanol–water partition coefficient (Wildman–Crippen LogP) is 7.15. The first-order valence-corrected chi connectivity index (χ1v) is 12.5. The minimum absolute atomic E-state index is 0.431. The van der Waals surface area contributed by atoms with Crippen LogP contribution in [0.3, 0.4) is 0 Å². The molecule has 0 aliphatic rings. The van der Waals surface area contributed by atoms with Crippen LogP contribution in [0.15, 0.2) is 102 Å². The molecular weight excluding hydrogens is 476 g/mol. The van der Waals surface area contributed by atoms with Crippen molar-refractivity contribution in [3.8, 4) is 5.75 Å². The molecule has 1 heterocycles. The number of hydrogen-bond acceptors (Lipinski definition) is 5. The molecule has 5 aromatic rings. The largest absolute Gasteiger partial charge is 0.488 e. The zero-order valence-electron chi connectivity index (χ0n) is 19.1. The van der Waals surface area contributed by atoms with Gasteiger partial charge >= 0.3 is 0 Å². The van der Waals surface area contributed by atoms with Crippen molar-refractivity contribution in [3.05, 3.63) is 119 Å². The second kappa shape index (κ2) is 10.8. The number of aryl methyl sites for hydroxylation is 1. The molecule has 0 saturated carbocycles. The lowest BCUT2D eigenvalue weighted by atomic mass is 10.0. The van der Waals surface area contributed by atoms with Gasteiger partial charge in [0.25, 0.3) is 0 Å². The minimum Gasteiger partial charge on any atom is -0.488 e. The van der Waals surface area contributed by atoms with Crippen LogP contribution in [0.5, 0.6) is 5.75 Å². The maximum Gasteiger partial charge on any atom is 0.212 e. The Morgan fingerprint density at radius 3 is 2.54 bits per heavy atom. The summed E-state index contributed by atoms with van der Waals surface area (Å²) in [7, 11) is 0. The van der Waals surface area contributed by atoms with Crippen LogP contribution in [0.4, 0.5) is 0 Å². The van der Waals surface area contributed by atoms with E-state index in [2.05, 4.69) is 64.7 Å². The summed E-state index contributed by atoms with van der Waals surface area (Å²) in [6.07, 6.45) is 3.44. The summed E-state index contributed by atoms with van der Waals surface area (Å²) in [5, 5.41) is 16.6. The summed E-state index contributed by atoms with van der Waals surface area (Å²) >= 11 is 7.61. The van der Waals surface area contributed by atoms with E-state index in [0.717, 1.165) is 38.6 Å². The maximum absolute atomic E-state index is 6.21. The number of benzene rings is 4. The van der Waals surface area contributed by atoms with E-state index in [9.17, 15) is 0 Å². The van der Waals surface area contributed by atoms with E-state index < -0.39 is 0 Å². The average Bonchev–Trinajstić information content (AvgIpc) is 3.34. The van der Waals surface area contributed by atoms with Gasteiger partial charge in [-0.1, -0.05) is 95.7 Å². The third-order valence-corrected chi connectivity index (χ3v) is 6.79. The highest BCUT2D eigenvalue weighted by Gasteiger charge is 2.10. The molecule has 4 aromatic carbocycles. The molecule has 1 aromatic heterocycles. The van der Waals surface area contributed by atoms with Crippen LogP contribution in [0.1, 0.15) is 22.3 Å². The van der Waals surface area contributed by atoms with Crippen molar-refractivity contribution in [1.82, 2.24) is 14.9 Å². The fourth-order valence-corrected chi connectivity index (χ4v) is 4.57. The summed E-state index contributed by atoms with van der Waals surface area (Å²) in [6, 6.07) is 28.4. The Kier molecular flexibility index (Phi) is 7.12. The summed E-state index contributed by atoms with van der Waals surface area (Å²) in [5.41, 5.74) is 4.42. The molecule has 5 nitrogen and oxygen atoms in total. The van der Waals surface area contributed by atoms with Crippen molar-refractivity contribution >= 4 is 40.3 Å². The van der Waals surface area contributed by atoms with Crippen LogP contribution in [0.2, 0.25) is 5.02 Å². The molecule has 5 rings (SSSR count). The number of thioether (sulfide) groups is 1. The van der Waals surface area contributed by atoms with E-state index in [1.54, 1.807) is 22.8 Å². The molecular formula is C28H23ClN4OS. The van der Waals surface area contributed by atoms with Crippen molar-refractivity contribution in [1.29, 1.82) is 0 Å². The molecule has 0 unspecified atom stereocenters. The van der Waals surface area contributed by atoms with Gasteiger partial charge in [0, 0.05) is 16.3 Å². The number of ether oxygens (including phenoxy) is 1. The molecule has 0 bridgehead atoms. The molecule has 0 amide bonds. The summed E-state index contributed by atoms with van der Waals surface area (Å²) in [4.78, 5) is 0. The van der Waals surface area contributed by atoms with Gasteiger partial charge in [-0.3, -0.25) is 0 Å². The van der Waals surface area contributed by atoms with Crippen LogP contribution < -0.4 is 4.74 Å². The Labute approximate surface area is 213 Å². The van der Waals surface area contributed by atoms with Gasteiger partial charge in [0.2, 0.25) is 5.16 Å². The number of nitrogens with zero attached hydrogens (tertiary/aromatic N) is 4. The van der Waals surface area contributed by atoms with Gasteiger partial charge in [-0.15, -0.1) is 10.2 Å². The molecule has 35 heavy (non-hydrogen) atoms. The van der Waals surface area contributed by atoms with Crippen LogP contribution in [-0.4, -0.2) is 21.1 Å². The maximum atomic E-state index is 6.21. The van der Waals surface area contributed by atoms with Crippen molar-refractivity contribution in [2.75, 3.05) is 0 Å². The Morgan fingerprint density at radius 2 is 1.71 bits per heavy atom. The number of hydrogen-bond donors (Lipinski definition) is 0. The first-order chi connectivity index (χ1) is 17.2. The van der Waals surface area contributed by atoms with Gasteiger partial charge in [0.05, 0.1) is 6.21 Å². The van der Waals surface area contributed by atoms with Crippen molar-refractivity contribution in [2.24, 2.45) is 5.10 Å². The second-order valence-corrected chi connectivity index (χ2v) is 9.47. The first kappa shape index (κ1) is 23.1. The number of rotatable bonds is 8. The smallest absolute Gasteiger partial charge is 0.212 e. The fourth-order valence-electron chi connectivity index (χ4n) is 3.62. The first-order valence-electron chi connectivity index (χ1n) is 11.2. The second-order valence-electron chi connectivity index (χ2n) is 8.09. The summed E-state index contributed by atoms with van der Waals surface area (Å²) in [5.74, 6) is 1.54. The molecule has 0 saturated heterocycles. The Bertz CT molecular complexity index is 1460. The highest BCUT2D eigenvalue weighted by atomic mass is 35.5. The van der Waals surface area contributed by atoms with Gasteiger partial charge in [-0.05, 0) is 47.0 Å². The van der Waals surface area contributed by atoms with Crippen LogP contribution in [-0.2, 0) is 12.4 Å². The summed E-state index contributed by atoms with van der Waals surface area (Å²) in [6.45, 7) is 2.52. The van der Waals surface area contributed by atoms with E-state index in [4.69, 9.17) is 16.3 Å². The SMILES string of the molecule is Cc1ccc(CSc2nncn2/N=C\c2c(OCc3ccc(Cl)cc3)ccc3ccccc23)cc1. The molecule has 174 valence electrons. The lowest BCUT2D eigenvalue weighted by Crippen LogP contribution is -2.00. The standard InChI is InChI=1S/C28H23ClN4OS/c1-20-6-8-22(9-7-20)18-35-28-32-30-19-33(28)31-16-26-25-5-3-2-4-23(25)12-15-27(26)34-17-21-10-13-24(29)14-11-21/h2-16,19H,17-18H2,1H3/b31-16-. The predicted molar refractivity (Wildman–Crippen MR) is 143 cm³/mol. The van der Waals surface area contributed by atoms with Gasteiger partial charge in [0.1, 0.15) is 18.7 Å². The number of fused-ring (bicyclic) bond motifs is 1. The van der Waals surface area contributed by atoms with E-state index in [1.807, 2.05) is 48.7 Å².